The van der Waals surface area contributed by atoms with Gasteiger partial charge in [0, 0.05) is 104 Å². The molecule has 12 atom stereocenters. The van der Waals surface area contributed by atoms with Gasteiger partial charge in [-0.1, -0.05) is 77.0 Å². The molecule has 6 fully saturated rings. The van der Waals surface area contributed by atoms with Gasteiger partial charge in [0.1, 0.15) is 0 Å². The largest absolute Gasteiger partial charge is 2.00 e. The summed E-state index contributed by atoms with van der Waals surface area (Å²) in [5.41, 5.74) is 67.8. The molecule has 0 amide bonds. The van der Waals surface area contributed by atoms with Crippen molar-refractivity contribution in [3.05, 3.63) is 0 Å². The van der Waals surface area contributed by atoms with Gasteiger partial charge in [0.05, 0.1) is 0 Å². The van der Waals surface area contributed by atoms with Crippen LogP contribution in [0.4, 0.5) is 0 Å². The summed E-state index contributed by atoms with van der Waals surface area (Å²) < 4.78 is 102. The van der Waals surface area contributed by atoms with Crippen LogP contribution in [0.5, 0.6) is 0 Å². The zero-order valence-electron chi connectivity index (χ0n) is 41.5. The summed E-state index contributed by atoms with van der Waals surface area (Å²) in [6, 6.07) is 3.37. The van der Waals surface area contributed by atoms with Crippen LogP contribution in [0, 0.1) is 0 Å². The second-order valence-electron chi connectivity index (χ2n) is 16.9. The van der Waals surface area contributed by atoms with Gasteiger partial charge in [0.2, 0.25) is 0 Å². The molecule has 30 N–H and O–H groups in total. The zero-order chi connectivity index (χ0) is 49.4. The van der Waals surface area contributed by atoms with E-state index in [1.165, 1.54) is 77.0 Å². The van der Waals surface area contributed by atoms with E-state index in [4.69, 9.17) is 121 Å². The van der Waals surface area contributed by atoms with Crippen LogP contribution in [0.1, 0.15) is 154 Å². The van der Waals surface area contributed by atoms with Gasteiger partial charge < -0.3 is 129 Å². The Morgan fingerprint density at radius 3 is 0.267 bits per heavy atom. The van der Waals surface area contributed by atoms with Crippen LogP contribution in [0.2, 0.25) is 0 Å². The molecule has 0 radical (unpaired) electrons. The summed E-state index contributed by atoms with van der Waals surface area (Å²) in [6.07, 6.45) is 28.8. The van der Waals surface area contributed by atoms with Crippen molar-refractivity contribution in [2.75, 3.05) is 0 Å². The van der Waals surface area contributed by atoms with Crippen molar-refractivity contribution in [1.82, 2.24) is 0 Å². The summed E-state index contributed by atoms with van der Waals surface area (Å²) in [5, 5.41) is 0. The minimum Gasteiger partial charge on any atom is -0.870 e. The van der Waals surface area contributed by atoms with Crippen molar-refractivity contribution >= 4 is 31.2 Å². The molecular weight excluding hydrogens is 2160 g/mol. The molecule has 0 aromatic carbocycles. The maximum absolute atomic E-state index is 8.52. The van der Waals surface area contributed by atoms with E-state index < -0.39 is 31.2 Å². The molecule has 6 aliphatic carbocycles. The summed E-state index contributed by atoms with van der Waals surface area (Å²) in [7, 11) is -15.5. The molecule has 0 heterocycles. The van der Waals surface area contributed by atoms with E-state index in [0.29, 0.717) is 0 Å². The van der Waals surface area contributed by atoms with E-state index in [0.717, 1.165) is 77.0 Å². The summed E-state index contributed by atoms with van der Waals surface area (Å²) in [4.78, 5) is 0. The topological polar surface area (TPSA) is 733 Å². The predicted molar refractivity (Wildman–Crippen MR) is 250 cm³/mol. The summed E-state index contributed by atoms with van der Waals surface area (Å²) in [6.45, 7) is 0. The maximum atomic E-state index is 8.52. The Bertz CT molecular complexity index is 1160. The fraction of sp³-hybridized carbons (Fsp3) is 1.00. The van der Waals surface area contributed by atoms with Crippen LogP contribution in [0.3, 0.4) is 0 Å². The SMILES string of the molecule is NC1CCCCC1N.NC1CCCCC1N.NC1CCCCC1N.NC1CCCCC1N.NC1CCCCC1N.NC1CCCCC1N.O=S(=O)([O-])[O-].O=S(=O)([O-])[O-].O=S(=O)([O-])[O-].[OH-].[OH-].[OH-].[OH-].[OH-].[OH-].[Pt+2].[Pt+2].[Pt+2].[Pt+2].[Pt+2].[Pt+2]. The van der Waals surface area contributed by atoms with E-state index >= 15 is 0 Å². The minimum absolute atomic E-state index is 0. The number of rotatable bonds is 0. The molecule has 6 aliphatic rings. The Labute approximate surface area is 533 Å². The molecule has 0 spiro atoms. The van der Waals surface area contributed by atoms with Crippen molar-refractivity contribution < 1.29 is 212 Å². The van der Waals surface area contributed by atoms with Gasteiger partial charge in [-0.15, -0.1) is 0 Å². The van der Waals surface area contributed by atoms with Crippen LogP contribution in [0.25, 0.3) is 0 Å². The van der Waals surface area contributed by atoms with Crippen LogP contribution in [-0.4, -0.2) is 158 Å². The Balaban J connectivity index is -0.0000000410. The van der Waals surface area contributed by atoms with E-state index in [1.54, 1.807) is 0 Å². The zero-order valence-corrected chi connectivity index (χ0v) is 57.6. The van der Waals surface area contributed by atoms with Crippen LogP contribution in [-0.2, 0) is 158 Å². The number of nitrogens with two attached hydrogens (primary N) is 12. The van der Waals surface area contributed by atoms with Gasteiger partial charge in [-0.25, -0.2) is 0 Å². The van der Waals surface area contributed by atoms with Crippen molar-refractivity contribution in [1.29, 1.82) is 0 Å². The Morgan fingerprint density at radius 2 is 0.240 bits per heavy atom. The van der Waals surface area contributed by atoms with Gasteiger partial charge in [-0.2, -0.15) is 0 Å². The van der Waals surface area contributed by atoms with Gasteiger partial charge in [0.15, 0.2) is 0 Å². The summed E-state index contributed by atoms with van der Waals surface area (Å²) in [5.74, 6) is 0. The van der Waals surface area contributed by atoms with E-state index in [-0.39, 0.29) is 232 Å². The first-order valence-corrected chi connectivity index (χ1v) is 25.9. The molecule has 0 saturated heterocycles. The first kappa shape index (κ1) is 117. The van der Waals surface area contributed by atoms with Crippen LogP contribution >= 0.6 is 0 Å². The normalized spacial score (nSPS) is 27.8. The van der Waals surface area contributed by atoms with Gasteiger partial charge in [0.25, 0.3) is 0 Å². The monoisotopic (exact) mass is 2240 g/mol. The number of hydrogen-bond donors (Lipinski definition) is 12. The molecule has 0 aromatic rings. The second-order valence-corrected chi connectivity index (χ2v) is 19.3. The van der Waals surface area contributed by atoms with Gasteiger partial charge in [-0.05, 0) is 77.0 Å². The van der Waals surface area contributed by atoms with Crippen LogP contribution in [0.15, 0.2) is 0 Å². The molecule has 75 heavy (non-hydrogen) atoms. The third-order valence-corrected chi connectivity index (χ3v) is 11.2. The fourth-order valence-corrected chi connectivity index (χ4v) is 7.13. The smallest absolute Gasteiger partial charge is 0.870 e. The van der Waals surface area contributed by atoms with Crippen molar-refractivity contribution in [3.8, 4) is 0 Å². The second kappa shape index (κ2) is 67.8. The van der Waals surface area contributed by atoms with Crippen molar-refractivity contribution in [3.63, 3.8) is 0 Å². The average molecular weight is 2250 g/mol. The Hall–Kier alpha value is 3.02. The number of hydrogen-bond acceptors (Lipinski definition) is 30. The minimum atomic E-state index is -5.17. The van der Waals surface area contributed by atoms with Gasteiger partial charge >= 0.3 is 126 Å². The van der Waals surface area contributed by atoms with Crippen LogP contribution < -0.4 is 68.8 Å². The van der Waals surface area contributed by atoms with E-state index in [9.17, 15) is 0 Å². The Morgan fingerprint density at radius 1 is 0.200 bits per heavy atom. The first-order chi connectivity index (χ1) is 28.8. The molecule has 0 aromatic heterocycles. The summed E-state index contributed by atoms with van der Waals surface area (Å²) >= 11 is 0. The average Bonchev–Trinajstić information content (AvgIpc) is 3.15. The third-order valence-electron chi connectivity index (χ3n) is 11.2. The van der Waals surface area contributed by atoms with Gasteiger partial charge in [-0.3, -0.25) is 25.3 Å². The molecular formula is C36H90N12O18Pt6S3. The fourth-order valence-electron chi connectivity index (χ4n) is 7.13. The molecule has 0 bridgehead atoms. The molecule has 12 unspecified atom stereocenters. The Kier molecular flexibility index (Phi) is 105. The van der Waals surface area contributed by atoms with E-state index in [1.807, 2.05) is 0 Å². The van der Waals surface area contributed by atoms with Crippen molar-refractivity contribution in [2.45, 2.75) is 227 Å². The molecule has 30 nitrogen and oxygen atoms in total. The quantitative estimate of drug-likeness (QED) is 0.0817. The molecule has 39 heteroatoms. The molecule has 0 aliphatic heterocycles. The predicted octanol–water partition coefficient (Wildman–Crippen LogP) is -3.80. The standard InChI is InChI=1S/6C6H14N2.3H2O4S.6H2O.6Pt/c6*7-5-3-1-2-4-6(5)8;3*1-5(2,3)4;;;;;;;;;;;;/h6*5-6H,1-4,7-8H2;3*(H2,1,2,3,4);6*1H2;;;;;;/q;;;;;;;;;;;;;;;6*+2/p-12. The van der Waals surface area contributed by atoms with E-state index in [2.05, 4.69) is 0 Å². The maximum Gasteiger partial charge on any atom is 2.00 e. The van der Waals surface area contributed by atoms with Crippen molar-refractivity contribution in [2.24, 2.45) is 68.8 Å². The molecule has 6 saturated carbocycles. The molecule has 6 rings (SSSR count). The first-order valence-electron chi connectivity index (χ1n) is 21.9. The molecule has 480 valence electrons. The third kappa shape index (κ3) is 91.0.